The molecule has 1 aliphatic rings. The maximum Gasteiger partial charge on any atom is 0.434 e. The lowest BCUT2D eigenvalue weighted by atomic mass is 9.85. The SMILES string of the molecule is C/C=C(\C)NC(=O)c1c(N2CCCC(C)(C)CC2)nc(C(F)(F)F)c(Cl)c1C. The standard InChI is InChI=1S/C20H27ClF3N3O/c1-6-12(2)25-18(28)14-13(3)15(21)16(20(22,23)24)26-17(14)27-10-7-8-19(4,5)9-11-27/h6H,7-11H2,1-5H3,(H,25,28)/b12-6+. The van der Waals surface area contributed by atoms with Gasteiger partial charge < -0.3 is 10.2 Å². The summed E-state index contributed by atoms with van der Waals surface area (Å²) in [5.41, 5.74) is -0.275. The van der Waals surface area contributed by atoms with E-state index in [0.717, 1.165) is 19.3 Å². The zero-order valence-corrected chi connectivity index (χ0v) is 17.7. The van der Waals surface area contributed by atoms with Crippen molar-refractivity contribution < 1.29 is 18.0 Å². The highest BCUT2D eigenvalue weighted by molar-refractivity contribution is 6.32. The predicted molar refractivity (Wildman–Crippen MR) is 106 cm³/mol. The number of nitrogens with zero attached hydrogens (tertiary/aromatic N) is 2. The molecule has 4 nitrogen and oxygen atoms in total. The van der Waals surface area contributed by atoms with Gasteiger partial charge in [0, 0.05) is 18.8 Å². The normalized spacial score (nSPS) is 18.0. The van der Waals surface area contributed by atoms with Crippen molar-refractivity contribution in [2.75, 3.05) is 18.0 Å². The third-order valence-electron chi connectivity index (χ3n) is 5.23. The van der Waals surface area contributed by atoms with Crippen LogP contribution in [-0.2, 0) is 6.18 Å². The molecule has 1 aliphatic heterocycles. The quantitative estimate of drug-likeness (QED) is 0.682. The Labute approximate surface area is 169 Å². The molecule has 1 aromatic heterocycles. The number of aromatic nitrogens is 1. The minimum Gasteiger partial charge on any atom is -0.356 e. The van der Waals surface area contributed by atoms with Crippen LogP contribution in [0.3, 0.4) is 0 Å². The van der Waals surface area contributed by atoms with Gasteiger partial charge in [0.15, 0.2) is 5.69 Å². The summed E-state index contributed by atoms with van der Waals surface area (Å²) in [7, 11) is 0. The average Bonchev–Trinajstić information content (AvgIpc) is 2.76. The van der Waals surface area contributed by atoms with Gasteiger partial charge in [-0.15, -0.1) is 0 Å². The molecule has 0 atom stereocenters. The molecule has 1 N–H and O–H groups in total. The van der Waals surface area contributed by atoms with Gasteiger partial charge in [0.2, 0.25) is 0 Å². The topological polar surface area (TPSA) is 45.2 Å². The van der Waals surface area contributed by atoms with Crippen LogP contribution in [0.15, 0.2) is 11.8 Å². The molecule has 0 aromatic carbocycles. The number of halogens is 4. The number of amides is 1. The van der Waals surface area contributed by atoms with Gasteiger partial charge in [0.05, 0.1) is 10.6 Å². The van der Waals surface area contributed by atoms with Crippen LogP contribution < -0.4 is 10.2 Å². The summed E-state index contributed by atoms with van der Waals surface area (Å²) in [4.78, 5) is 18.5. The van der Waals surface area contributed by atoms with Gasteiger partial charge in [0.1, 0.15) is 5.82 Å². The Hall–Kier alpha value is -1.76. The number of rotatable bonds is 3. The van der Waals surface area contributed by atoms with Gasteiger partial charge in [-0.25, -0.2) is 4.98 Å². The molecule has 0 aliphatic carbocycles. The van der Waals surface area contributed by atoms with E-state index < -0.39 is 22.8 Å². The van der Waals surface area contributed by atoms with Crippen molar-refractivity contribution in [2.24, 2.45) is 5.41 Å². The monoisotopic (exact) mass is 417 g/mol. The van der Waals surface area contributed by atoms with Crippen LogP contribution in [0, 0.1) is 12.3 Å². The zero-order valence-electron chi connectivity index (χ0n) is 16.9. The first-order valence-electron chi connectivity index (χ1n) is 9.34. The maximum absolute atomic E-state index is 13.5. The summed E-state index contributed by atoms with van der Waals surface area (Å²) in [6.45, 7) is 10.3. The van der Waals surface area contributed by atoms with Crippen molar-refractivity contribution in [1.82, 2.24) is 10.3 Å². The third-order valence-corrected chi connectivity index (χ3v) is 5.69. The predicted octanol–water partition coefficient (Wildman–Crippen LogP) is 5.73. The Kier molecular flexibility index (Phi) is 6.69. The van der Waals surface area contributed by atoms with Crippen LogP contribution in [0.5, 0.6) is 0 Å². The number of carbonyl (C=O) groups is 1. The summed E-state index contributed by atoms with van der Waals surface area (Å²) < 4.78 is 40.5. The van der Waals surface area contributed by atoms with E-state index in [0.29, 0.717) is 18.8 Å². The number of allylic oxidation sites excluding steroid dienone is 2. The first-order valence-corrected chi connectivity index (χ1v) is 9.71. The lowest BCUT2D eigenvalue weighted by molar-refractivity contribution is -0.141. The summed E-state index contributed by atoms with van der Waals surface area (Å²) in [5, 5.41) is 2.17. The molecule has 28 heavy (non-hydrogen) atoms. The summed E-state index contributed by atoms with van der Waals surface area (Å²) >= 11 is 5.99. The van der Waals surface area contributed by atoms with E-state index in [4.69, 9.17) is 11.6 Å². The molecule has 8 heteroatoms. The molecular weight excluding hydrogens is 391 g/mol. The first kappa shape index (κ1) is 22.5. The maximum atomic E-state index is 13.5. The molecular formula is C20H27ClF3N3O. The van der Waals surface area contributed by atoms with Crippen molar-refractivity contribution in [3.05, 3.63) is 33.6 Å². The smallest absolute Gasteiger partial charge is 0.356 e. The van der Waals surface area contributed by atoms with E-state index in [-0.39, 0.29) is 22.4 Å². The minimum absolute atomic E-state index is 0.0494. The van der Waals surface area contributed by atoms with Gasteiger partial charge in [-0.3, -0.25) is 4.79 Å². The molecule has 2 heterocycles. The molecule has 0 radical (unpaired) electrons. The van der Waals surface area contributed by atoms with E-state index in [2.05, 4.69) is 24.1 Å². The zero-order chi connectivity index (χ0) is 21.3. The van der Waals surface area contributed by atoms with Crippen molar-refractivity contribution in [3.8, 4) is 0 Å². The second-order valence-corrected chi connectivity index (χ2v) is 8.40. The molecule has 2 rings (SSSR count). The van der Waals surface area contributed by atoms with E-state index >= 15 is 0 Å². The molecule has 1 fully saturated rings. The molecule has 0 saturated carbocycles. The number of anilines is 1. The number of hydrogen-bond donors (Lipinski definition) is 1. The van der Waals surface area contributed by atoms with Gasteiger partial charge >= 0.3 is 6.18 Å². The molecule has 1 aromatic rings. The number of carbonyl (C=O) groups excluding carboxylic acids is 1. The van der Waals surface area contributed by atoms with Crippen LogP contribution in [0.2, 0.25) is 5.02 Å². The van der Waals surface area contributed by atoms with Crippen LogP contribution in [0.4, 0.5) is 19.0 Å². The van der Waals surface area contributed by atoms with Crippen LogP contribution in [0.1, 0.15) is 68.6 Å². The van der Waals surface area contributed by atoms with Crippen LogP contribution in [-0.4, -0.2) is 24.0 Å². The van der Waals surface area contributed by atoms with Gasteiger partial charge in [-0.2, -0.15) is 13.2 Å². The lowest BCUT2D eigenvalue weighted by Crippen LogP contribution is -2.32. The third kappa shape index (κ3) is 4.99. The summed E-state index contributed by atoms with van der Waals surface area (Å²) in [5.74, 6) is -0.456. The fourth-order valence-electron chi connectivity index (χ4n) is 3.30. The Morgan fingerprint density at radius 1 is 1.29 bits per heavy atom. The lowest BCUT2D eigenvalue weighted by Gasteiger charge is -2.27. The number of alkyl halides is 3. The van der Waals surface area contributed by atoms with Gasteiger partial charge in [0.25, 0.3) is 5.91 Å². The van der Waals surface area contributed by atoms with E-state index in [1.54, 1.807) is 24.8 Å². The Bertz CT molecular complexity index is 788. The number of hydrogen-bond acceptors (Lipinski definition) is 3. The second-order valence-electron chi connectivity index (χ2n) is 8.03. The van der Waals surface area contributed by atoms with Crippen LogP contribution >= 0.6 is 11.6 Å². The van der Waals surface area contributed by atoms with Crippen molar-refractivity contribution in [1.29, 1.82) is 0 Å². The molecule has 1 amide bonds. The van der Waals surface area contributed by atoms with E-state index in [9.17, 15) is 18.0 Å². The summed E-state index contributed by atoms with van der Waals surface area (Å²) in [6.07, 6.45) is -0.419. The fourth-order valence-corrected chi connectivity index (χ4v) is 3.55. The molecule has 0 spiro atoms. The highest BCUT2D eigenvalue weighted by Crippen LogP contribution is 2.40. The Morgan fingerprint density at radius 3 is 2.50 bits per heavy atom. The highest BCUT2D eigenvalue weighted by Gasteiger charge is 2.39. The number of pyridine rings is 1. The van der Waals surface area contributed by atoms with Gasteiger partial charge in [-0.05, 0) is 51.0 Å². The second kappa shape index (κ2) is 8.31. The highest BCUT2D eigenvalue weighted by atomic mass is 35.5. The summed E-state index contributed by atoms with van der Waals surface area (Å²) in [6, 6.07) is 0. The van der Waals surface area contributed by atoms with E-state index in [1.807, 2.05) is 0 Å². The molecule has 0 unspecified atom stereocenters. The van der Waals surface area contributed by atoms with E-state index in [1.165, 1.54) is 6.92 Å². The van der Waals surface area contributed by atoms with Crippen molar-refractivity contribution in [3.63, 3.8) is 0 Å². The molecule has 0 bridgehead atoms. The number of nitrogens with one attached hydrogen (secondary N) is 1. The van der Waals surface area contributed by atoms with Crippen LogP contribution in [0.25, 0.3) is 0 Å². The molecule has 1 saturated heterocycles. The first-order chi connectivity index (χ1) is 12.9. The van der Waals surface area contributed by atoms with Crippen molar-refractivity contribution in [2.45, 2.75) is 60.1 Å². The average molecular weight is 418 g/mol. The Morgan fingerprint density at radius 2 is 1.93 bits per heavy atom. The molecule has 156 valence electrons. The van der Waals surface area contributed by atoms with Crippen molar-refractivity contribution >= 4 is 23.3 Å². The largest absolute Gasteiger partial charge is 0.434 e. The minimum atomic E-state index is -4.70. The van der Waals surface area contributed by atoms with Gasteiger partial charge in [-0.1, -0.05) is 31.5 Å². The Balaban J connectivity index is 2.62. The fraction of sp³-hybridized carbons (Fsp3) is 0.600.